The zero-order chi connectivity index (χ0) is 17.9. The Bertz CT molecular complexity index is 745. The van der Waals surface area contributed by atoms with Crippen molar-refractivity contribution in [2.45, 2.75) is 39.7 Å². The average Bonchev–Trinajstić information content (AvgIpc) is 2.78. The van der Waals surface area contributed by atoms with Crippen molar-refractivity contribution in [2.24, 2.45) is 0 Å². The molecule has 24 heavy (non-hydrogen) atoms. The van der Waals surface area contributed by atoms with Crippen molar-refractivity contribution in [3.8, 4) is 11.3 Å². The summed E-state index contributed by atoms with van der Waals surface area (Å²) in [5.74, 6) is -0.948. The van der Waals surface area contributed by atoms with Crippen molar-refractivity contribution >= 4 is 28.5 Å². The third-order valence-corrected chi connectivity index (χ3v) is 3.91. The van der Waals surface area contributed by atoms with Crippen molar-refractivity contribution in [1.29, 1.82) is 0 Å². The Morgan fingerprint density at radius 1 is 1.25 bits per heavy atom. The van der Waals surface area contributed by atoms with Crippen LogP contribution < -0.4 is 5.32 Å². The summed E-state index contributed by atoms with van der Waals surface area (Å²) >= 11 is 1.14. The molecule has 0 radical (unpaired) electrons. The van der Waals surface area contributed by atoms with E-state index < -0.39 is 17.7 Å². The normalized spacial score (nSPS) is 11.2. The standard InChI is InChI=1S/C17H20N2O4S/c1-10-5-7-11(8-6-10)14-12(9-13(20)21)24-15(18-14)19-16(22)23-17(2,3)4/h5-8H,9H2,1-4H3,(H,20,21)(H,18,19,22). The number of rotatable bonds is 4. The molecule has 6 nitrogen and oxygen atoms in total. The lowest BCUT2D eigenvalue weighted by molar-refractivity contribution is -0.136. The quantitative estimate of drug-likeness (QED) is 0.868. The molecule has 1 heterocycles. The first-order chi connectivity index (χ1) is 11.1. The van der Waals surface area contributed by atoms with Crippen molar-refractivity contribution in [2.75, 3.05) is 5.32 Å². The van der Waals surface area contributed by atoms with Crippen LogP contribution in [0.4, 0.5) is 9.93 Å². The van der Waals surface area contributed by atoms with E-state index >= 15 is 0 Å². The van der Waals surface area contributed by atoms with Gasteiger partial charge >= 0.3 is 12.1 Å². The molecule has 2 rings (SSSR count). The monoisotopic (exact) mass is 348 g/mol. The summed E-state index contributed by atoms with van der Waals surface area (Å²) in [5, 5.41) is 12.0. The zero-order valence-electron chi connectivity index (χ0n) is 14.0. The molecule has 2 aromatic rings. The number of anilines is 1. The van der Waals surface area contributed by atoms with Crippen LogP contribution in [0.3, 0.4) is 0 Å². The molecule has 0 saturated carbocycles. The van der Waals surface area contributed by atoms with Gasteiger partial charge in [0.1, 0.15) is 5.60 Å². The number of carbonyl (C=O) groups is 2. The summed E-state index contributed by atoms with van der Waals surface area (Å²) in [6, 6.07) is 7.63. The lowest BCUT2D eigenvalue weighted by atomic mass is 10.1. The predicted molar refractivity (Wildman–Crippen MR) is 93.5 cm³/mol. The minimum atomic E-state index is -0.948. The molecule has 0 aliphatic heterocycles. The molecular formula is C17H20N2O4S. The fourth-order valence-electron chi connectivity index (χ4n) is 1.99. The molecule has 2 N–H and O–H groups in total. The molecule has 0 atom stereocenters. The smallest absolute Gasteiger partial charge is 0.413 e. The number of hydrogen-bond donors (Lipinski definition) is 2. The highest BCUT2D eigenvalue weighted by molar-refractivity contribution is 7.16. The second-order valence-corrected chi connectivity index (χ2v) is 7.44. The van der Waals surface area contributed by atoms with Crippen LogP contribution >= 0.6 is 11.3 Å². The molecule has 0 aliphatic rings. The van der Waals surface area contributed by atoms with E-state index in [1.54, 1.807) is 20.8 Å². The first-order valence-corrected chi connectivity index (χ1v) is 8.24. The SMILES string of the molecule is Cc1ccc(-c2nc(NC(=O)OC(C)(C)C)sc2CC(=O)O)cc1. The summed E-state index contributed by atoms with van der Waals surface area (Å²) < 4.78 is 5.19. The molecule has 0 unspecified atom stereocenters. The molecule has 1 amide bonds. The van der Waals surface area contributed by atoms with Gasteiger partial charge in [-0.2, -0.15) is 0 Å². The van der Waals surface area contributed by atoms with Crippen LogP contribution in [-0.2, 0) is 16.0 Å². The Labute approximate surface area is 144 Å². The van der Waals surface area contributed by atoms with Crippen LogP contribution in [-0.4, -0.2) is 27.8 Å². The average molecular weight is 348 g/mol. The van der Waals surface area contributed by atoms with E-state index in [-0.39, 0.29) is 6.42 Å². The highest BCUT2D eigenvalue weighted by atomic mass is 32.1. The number of aryl methyl sites for hydroxylation is 1. The Hall–Kier alpha value is -2.41. The van der Waals surface area contributed by atoms with E-state index in [0.717, 1.165) is 22.5 Å². The summed E-state index contributed by atoms with van der Waals surface area (Å²) in [4.78, 5) is 27.9. The molecule has 0 fully saturated rings. The first kappa shape index (κ1) is 17.9. The number of nitrogens with one attached hydrogen (secondary N) is 1. The summed E-state index contributed by atoms with van der Waals surface area (Å²) in [6.07, 6.45) is -0.773. The number of aromatic nitrogens is 1. The van der Waals surface area contributed by atoms with E-state index in [1.807, 2.05) is 31.2 Å². The van der Waals surface area contributed by atoms with Gasteiger partial charge in [0.25, 0.3) is 0 Å². The van der Waals surface area contributed by atoms with Crippen molar-refractivity contribution < 1.29 is 19.4 Å². The Morgan fingerprint density at radius 3 is 2.42 bits per heavy atom. The summed E-state index contributed by atoms with van der Waals surface area (Å²) in [6.45, 7) is 7.27. The Balaban J connectivity index is 2.29. The van der Waals surface area contributed by atoms with Crippen LogP contribution in [0.25, 0.3) is 11.3 Å². The van der Waals surface area contributed by atoms with Crippen molar-refractivity contribution in [3.63, 3.8) is 0 Å². The molecule has 0 saturated heterocycles. The molecular weight excluding hydrogens is 328 g/mol. The number of carboxylic acid groups (broad SMARTS) is 1. The number of carbonyl (C=O) groups excluding carboxylic acids is 1. The van der Waals surface area contributed by atoms with Crippen molar-refractivity contribution in [1.82, 2.24) is 4.98 Å². The van der Waals surface area contributed by atoms with Gasteiger partial charge in [0.05, 0.1) is 12.1 Å². The van der Waals surface area contributed by atoms with Gasteiger partial charge in [0.2, 0.25) is 0 Å². The second-order valence-electron chi connectivity index (χ2n) is 6.35. The van der Waals surface area contributed by atoms with E-state index in [0.29, 0.717) is 15.7 Å². The Kier molecular flexibility index (Phi) is 5.23. The minimum absolute atomic E-state index is 0.156. The number of thiazole rings is 1. The Morgan fingerprint density at radius 2 is 1.88 bits per heavy atom. The van der Waals surface area contributed by atoms with Gasteiger partial charge in [-0.05, 0) is 27.7 Å². The van der Waals surface area contributed by atoms with E-state index in [2.05, 4.69) is 10.3 Å². The third kappa shape index (κ3) is 5.06. The number of carboxylic acids is 1. The lowest BCUT2D eigenvalue weighted by Crippen LogP contribution is -2.27. The summed E-state index contributed by atoms with van der Waals surface area (Å²) in [7, 11) is 0. The second kappa shape index (κ2) is 7.00. The first-order valence-electron chi connectivity index (χ1n) is 7.42. The molecule has 0 aliphatic carbocycles. The van der Waals surface area contributed by atoms with Crippen molar-refractivity contribution in [3.05, 3.63) is 34.7 Å². The van der Waals surface area contributed by atoms with Gasteiger partial charge in [0.15, 0.2) is 5.13 Å². The predicted octanol–water partition coefficient (Wildman–Crippen LogP) is 4.09. The lowest BCUT2D eigenvalue weighted by Gasteiger charge is -2.18. The number of nitrogens with zero attached hydrogens (tertiary/aromatic N) is 1. The highest BCUT2D eigenvalue weighted by Crippen LogP contribution is 2.32. The van der Waals surface area contributed by atoms with Gasteiger partial charge in [-0.1, -0.05) is 29.8 Å². The summed E-state index contributed by atoms with van der Waals surface area (Å²) in [5.41, 5.74) is 1.85. The van der Waals surface area contributed by atoms with Crippen LogP contribution in [0.1, 0.15) is 31.2 Å². The van der Waals surface area contributed by atoms with E-state index in [4.69, 9.17) is 9.84 Å². The zero-order valence-corrected chi connectivity index (χ0v) is 14.9. The van der Waals surface area contributed by atoms with Gasteiger partial charge in [-0.3, -0.25) is 10.1 Å². The van der Waals surface area contributed by atoms with Gasteiger partial charge < -0.3 is 9.84 Å². The van der Waals surface area contributed by atoms with Crippen LogP contribution in [0, 0.1) is 6.92 Å². The molecule has 1 aromatic heterocycles. The molecule has 7 heteroatoms. The molecule has 0 spiro atoms. The maximum absolute atomic E-state index is 11.9. The van der Waals surface area contributed by atoms with Crippen LogP contribution in [0.5, 0.6) is 0 Å². The number of aliphatic carboxylic acids is 1. The molecule has 128 valence electrons. The molecule has 1 aromatic carbocycles. The van der Waals surface area contributed by atoms with E-state index in [1.165, 1.54) is 0 Å². The number of ether oxygens (including phenoxy) is 1. The van der Waals surface area contributed by atoms with Gasteiger partial charge in [-0.25, -0.2) is 9.78 Å². The van der Waals surface area contributed by atoms with Gasteiger partial charge in [-0.15, -0.1) is 11.3 Å². The maximum Gasteiger partial charge on any atom is 0.413 e. The third-order valence-electron chi connectivity index (χ3n) is 2.94. The van der Waals surface area contributed by atoms with Gasteiger partial charge in [0, 0.05) is 10.4 Å². The van der Waals surface area contributed by atoms with E-state index in [9.17, 15) is 9.59 Å². The topological polar surface area (TPSA) is 88.5 Å². The number of amides is 1. The minimum Gasteiger partial charge on any atom is -0.481 e. The fraction of sp³-hybridized carbons (Fsp3) is 0.353. The number of benzene rings is 1. The fourth-order valence-corrected chi connectivity index (χ4v) is 2.95. The molecule has 0 bridgehead atoms. The van der Waals surface area contributed by atoms with Crippen LogP contribution in [0.2, 0.25) is 0 Å². The highest BCUT2D eigenvalue weighted by Gasteiger charge is 2.20. The largest absolute Gasteiger partial charge is 0.481 e. The van der Waals surface area contributed by atoms with Crippen LogP contribution in [0.15, 0.2) is 24.3 Å². The number of hydrogen-bond acceptors (Lipinski definition) is 5. The maximum atomic E-state index is 11.9.